The topological polar surface area (TPSA) is 84.0 Å². The number of nitrogens with one attached hydrogen (secondary N) is 2. The van der Waals surface area contributed by atoms with Crippen LogP contribution in [0.15, 0.2) is 118 Å². The number of amides is 2. The third-order valence-electron chi connectivity index (χ3n) is 7.34. The number of carbonyl (C=O) groups excluding carboxylic acids is 2. The van der Waals surface area contributed by atoms with Gasteiger partial charge in [0.2, 0.25) is 0 Å². The second-order valence-electron chi connectivity index (χ2n) is 10.4. The van der Waals surface area contributed by atoms with Crippen LogP contribution in [0.2, 0.25) is 0 Å². The van der Waals surface area contributed by atoms with E-state index in [1.165, 1.54) is 0 Å². The summed E-state index contributed by atoms with van der Waals surface area (Å²) in [6, 6.07) is 34.8. The van der Waals surface area contributed by atoms with E-state index in [0.29, 0.717) is 37.1 Å². The average molecular weight is 708 g/mol. The molecule has 218 valence electrons. The van der Waals surface area contributed by atoms with Crippen molar-refractivity contribution in [3.8, 4) is 22.5 Å². The lowest BCUT2D eigenvalue weighted by Gasteiger charge is -2.12. The molecule has 6 nitrogen and oxygen atoms in total. The predicted octanol–water partition coefficient (Wildman–Crippen LogP) is 8.58. The van der Waals surface area contributed by atoms with Gasteiger partial charge in [-0.1, -0.05) is 92.5 Å². The summed E-state index contributed by atoms with van der Waals surface area (Å²) in [6.07, 6.45) is 1.43. The summed E-state index contributed by atoms with van der Waals surface area (Å²) in [5, 5.41) is 7.73. The van der Waals surface area contributed by atoms with Gasteiger partial charge in [-0.3, -0.25) is 9.59 Å². The molecule has 44 heavy (non-hydrogen) atoms. The van der Waals surface area contributed by atoms with Gasteiger partial charge in [-0.15, -0.1) is 0 Å². The summed E-state index contributed by atoms with van der Waals surface area (Å²) in [5.74, 6) is -0.292. The van der Waals surface area contributed by atoms with E-state index >= 15 is 0 Å². The molecule has 0 atom stereocenters. The Morgan fingerprint density at radius 2 is 0.977 bits per heavy atom. The normalized spacial score (nSPS) is 11.0. The Bertz CT molecular complexity index is 1870. The summed E-state index contributed by atoms with van der Waals surface area (Å²) in [7, 11) is 0. The molecule has 0 saturated heterocycles. The zero-order chi connectivity index (χ0) is 30.5. The highest BCUT2D eigenvalue weighted by atomic mass is 79.9. The van der Waals surface area contributed by atoms with Crippen LogP contribution in [-0.4, -0.2) is 34.9 Å². The first-order valence-corrected chi connectivity index (χ1v) is 15.9. The minimum Gasteiger partial charge on any atom is -0.352 e. The molecule has 0 aliphatic rings. The maximum absolute atomic E-state index is 13.3. The van der Waals surface area contributed by atoms with Crippen molar-refractivity contribution in [3.05, 3.63) is 129 Å². The van der Waals surface area contributed by atoms with Gasteiger partial charge in [0.1, 0.15) is 0 Å². The summed E-state index contributed by atoms with van der Waals surface area (Å²) in [5.41, 5.74) is 6.05. The SMILES string of the molecule is O=C(NCCCCNC(=O)c1cc(-c2cccc(Br)c2)nc2ccccc12)c1cc(-c2cccc(Br)c2)nc2ccccc12. The fraction of sp³-hybridized carbons (Fsp3) is 0.111. The van der Waals surface area contributed by atoms with Crippen LogP contribution in [0.1, 0.15) is 33.6 Å². The standard InChI is InChI=1S/C36H28Br2N4O2/c37-25-11-7-9-23(19-25)33-21-29(27-13-1-3-15-31(27)41-33)35(43)39-17-5-6-18-40-36(44)30-22-34(24-10-8-12-26(38)20-24)42-32-16-4-2-14-28(30)32/h1-4,7-16,19-22H,5-6,17-18H2,(H,39,43)(H,40,44). The molecule has 4 aromatic carbocycles. The summed E-state index contributed by atoms with van der Waals surface area (Å²) in [4.78, 5) is 36.2. The second kappa shape index (κ2) is 13.5. The lowest BCUT2D eigenvalue weighted by Crippen LogP contribution is -2.27. The molecule has 0 radical (unpaired) electrons. The van der Waals surface area contributed by atoms with Crippen LogP contribution in [0.3, 0.4) is 0 Å². The minimum atomic E-state index is -0.146. The number of benzene rings is 4. The zero-order valence-electron chi connectivity index (χ0n) is 23.7. The van der Waals surface area contributed by atoms with Gasteiger partial charge >= 0.3 is 0 Å². The molecule has 0 spiro atoms. The first-order chi connectivity index (χ1) is 21.5. The van der Waals surface area contributed by atoms with E-state index in [9.17, 15) is 9.59 Å². The van der Waals surface area contributed by atoms with Crippen molar-refractivity contribution >= 4 is 65.5 Å². The van der Waals surface area contributed by atoms with Gasteiger partial charge in [0, 0.05) is 43.9 Å². The fourth-order valence-electron chi connectivity index (χ4n) is 5.16. The smallest absolute Gasteiger partial charge is 0.252 e. The predicted molar refractivity (Wildman–Crippen MR) is 184 cm³/mol. The first kappa shape index (κ1) is 29.7. The van der Waals surface area contributed by atoms with Gasteiger partial charge in [-0.2, -0.15) is 0 Å². The quantitative estimate of drug-likeness (QED) is 0.148. The van der Waals surface area contributed by atoms with E-state index in [1.54, 1.807) is 0 Å². The Labute approximate surface area is 272 Å². The Morgan fingerprint density at radius 1 is 0.545 bits per heavy atom. The Kier molecular flexibility index (Phi) is 9.09. The number of rotatable bonds is 9. The Morgan fingerprint density at radius 3 is 1.41 bits per heavy atom. The average Bonchev–Trinajstić information content (AvgIpc) is 3.05. The highest BCUT2D eigenvalue weighted by molar-refractivity contribution is 9.10. The number of aromatic nitrogens is 2. The molecule has 0 aliphatic carbocycles. The Balaban J connectivity index is 1.09. The molecule has 0 aliphatic heterocycles. The van der Waals surface area contributed by atoms with Crippen molar-refractivity contribution in [2.24, 2.45) is 0 Å². The van der Waals surface area contributed by atoms with Crippen molar-refractivity contribution < 1.29 is 9.59 Å². The van der Waals surface area contributed by atoms with Crippen LogP contribution in [0.5, 0.6) is 0 Å². The van der Waals surface area contributed by atoms with Gasteiger partial charge in [0.15, 0.2) is 0 Å². The van der Waals surface area contributed by atoms with Crippen LogP contribution in [0, 0.1) is 0 Å². The lowest BCUT2D eigenvalue weighted by atomic mass is 10.0. The van der Waals surface area contributed by atoms with Gasteiger partial charge in [0.05, 0.1) is 33.5 Å². The third kappa shape index (κ3) is 6.72. The molecule has 2 aromatic heterocycles. The second-order valence-corrected chi connectivity index (χ2v) is 12.2. The number of pyridine rings is 2. The molecule has 6 aromatic rings. The first-order valence-electron chi connectivity index (χ1n) is 14.3. The highest BCUT2D eigenvalue weighted by Crippen LogP contribution is 2.28. The van der Waals surface area contributed by atoms with Crippen molar-refractivity contribution in [2.45, 2.75) is 12.8 Å². The molecular weight excluding hydrogens is 680 g/mol. The monoisotopic (exact) mass is 706 g/mol. The molecular formula is C36H28Br2N4O2. The van der Waals surface area contributed by atoms with Gasteiger partial charge in [-0.05, 0) is 61.4 Å². The van der Waals surface area contributed by atoms with Crippen LogP contribution >= 0.6 is 31.9 Å². The molecule has 2 heterocycles. The van der Waals surface area contributed by atoms with Crippen molar-refractivity contribution in [2.75, 3.05) is 13.1 Å². The summed E-state index contributed by atoms with van der Waals surface area (Å²) < 4.78 is 1.90. The maximum Gasteiger partial charge on any atom is 0.252 e. The number of carbonyl (C=O) groups is 2. The fourth-order valence-corrected chi connectivity index (χ4v) is 5.96. The molecule has 0 unspecified atom stereocenters. The van der Waals surface area contributed by atoms with E-state index in [1.807, 2.05) is 109 Å². The van der Waals surface area contributed by atoms with E-state index in [2.05, 4.69) is 42.5 Å². The van der Waals surface area contributed by atoms with Crippen molar-refractivity contribution in [1.82, 2.24) is 20.6 Å². The summed E-state index contributed by atoms with van der Waals surface area (Å²) in [6.45, 7) is 0.978. The molecule has 2 N–H and O–H groups in total. The zero-order valence-corrected chi connectivity index (χ0v) is 26.9. The molecule has 8 heteroatoms. The molecule has 6 rings (SSSR count). The number of hydrogen-bond donors (Lipinski definition) is 2. The maximum atomic E-state index is 13.3. The third-order valence-corrected chi connectivity index (χ3v) is 8.32. The molecule has 0 fully saturated rings. The van der Waals surface area contributed by atoms with Crippen molar-refractivity contribution in [3.63, 3.8) is 0 Å². The molecule has 0 saturated carbocycles. The minimum absolute atomic E-state index is 0.146. The van der Waals surface area contributed by atoms with Gasteiger partial charge in [0.25, 0.3) is 11.8 Å². The summed E-state index contributed by atoms with van der Waals surface area (Å²) >= 11 is 7.04. The molecule has 2 amide bonds. The van der Waals surface area contributed by atoms with E-state index in [0.717, 1.165) is 53.3 Å². The number of unbranched alkanes of at least 4 members (excludes halogenated alkanes) is 1. The van der Waals surface area contributed by atoms with Crippen LogP contribution in [-0.2, 0) is 0 Å². The van der Waals surface area contributed by atoms with E-state index in [-0.39, 0.29) is 11.8 Å². The van der Waals surface area contributed by atoms with Gasteiger partial charge in [-0.25, -0.2) is 9.97 Å². The van der Waals surface area contributed by atoms with Crippen LogP contribution < -0.4 is 10.6 Å². The van der Waals surface area contributed by atoms with E-state index in [4.69, 9.17) is 9.97 Å². The number of para-hydroxylation sites is 2. The van der Waals surface area contributed by atoms with Crippen LogP contribution in [0.4, 0.5) is 0 Å². The number of fused-ring (bicyclic) bond motifs is 2. The number of hydrogen-bond acceptors (Lipinski definition) is 4. The van der Waals surface area contributed by atoms with Crippen LogP contribution in [0.25, 0.3) is 44.3 Å². The van der Waals surface area contributed by atoms with Gasteiger partial charge < -0.3 is 10.6 Å². The largest absolute Gasteiger partial charge is 0.352 e. The number of nitrogens with zero attached hydrogens (tertiary/aromatic N) is 2. The Hall–Kier alpha value is -4.40. The lowest BCUT2D eigenvalue weighted by molar-refractivity contribution is 0.0941. The van der Waals surface area contributed by atoms with E-state index < -0.39 is 0 Å². The van der Waals surface area contributed by atoms with Crippen molar-refractivity contribution in [1.29, 1.82) is 0 Å². The molecule has 0 bridgehead atoms. The number of halogens is 2. The highest BCUT2D eigenvalue weighted by Gasteiger charge is 2.15.